The van der Waals surface area contributed by atoms with Crippen LogP contribution >= 0.6 is 0 Å². The first kappa shape index (κ1) is 101. The third kappa shape index (κ3) is 32.1. The van der Waals surface area contributed by atoms with Crippen molar-refractivity contribution in [3.8, 4) is 5.75 Å². The number of nitrogens with two attached hydrogens (primary N) is 4. The predicted molar refractivity (Wildman–Crippen MR) is 206 cm³/mol. The van der Waals surface area contributed by atoms with Crippen LogP contribution in [0, 0.1) is 59.7 Å². The molecule has 60 heavy (non-hydrogen) atoms. The molecule has 0 amide bonds. The standard InChI is InChI=1S/C33H54N2O.C6H6.2CH5N.CH3.13Y/c1-21(2)7-6-8-22(3)29-11-12-30-28-10-9-23-17-26(36-27-19-24(34)18-25(35)20-27)13-15-32(23,4)31(28)14-16-33(29,30)5;1-2-4-6-5-3-1;2*1-2;;;;;;;;;;;;;;/h18-23,26,28-31H,6-17,34-35H2,1-5H3;1-6H;2*2H2,1H3;1H3;;;;;;;;;;;;;/q;;;;-1;;;;;;;;;;;;;. The number of anilines is 2. The fraction of sp³-hybridized carbons (Fsp3) is 0.690. The molecule has 4 saturated carbocycles. The zero-order chi connectivity index (χ0) is 33.9. The van der Waals surface area contributed by atoms with Gasteiger partial charge in [-0.15, -0.1) is 0 Å². The summed E-state index contributed by atoms with van der Waals surface area (Å²) in [6.07, 6.45) is 17.1. The van der Waals surface area contributed by atoms with Gasteiger partial charge in [-0.05, 0) is 130 Å². The Morgan fingerprint density at radius 1 is 0.567 bits per heavy atom. The molecule has 9 unspecified atom stereocenters. The van der Waals surface area contributed by atoms with E-state index in [0.29, 0.717) is 28.3 Å². The largest absolute Gasteiger partial charge is 0.490 e. The molecule has 4 aliphatic carbocycles. The first-order valence-electron chi connectivity index (χ1n) is 18.6. The van der Waals surface area contributed by atoms with Crippen molar-refractivity contribution in [1.29, 1.82) is 0 Å². The fourth-order valence-corrected chi connectivity index (χ4v) is 10.6. The average Bonchev–Trinajstić information content (AvgIpc) is 3.41. The minimum Gasteiger partial charge on any atom is -0.490 e. The van der Waals surface area contributed by atoms with Crippen molar-refractivity contribution in [2.24, 2.45) is 63.7 Å². The first-order valence-corrected chi connectivity index (χ1v) is 18.6. The smallest absolute Gasteiger partial charge is 0.123 e. The Kier molecular flexibility index (Phi) is 93.9. The van der Waals surface area contributed by atoms with Gasteiger partial charge in [-0.2, -0.15) is 0 Å². The van der Waals surface area contributed by atoms with Gasteiger partial charge in [0.25, 0.3) is 0 Å². The SMILES string of the molecule is CC(C)CCCC(C)C1CCC2C3CCC4CC(Oc5cc(N)cc(N)c5)CCC4(C)C3CCC12C.CN.CN.[CH3-].[Y].[Y].[Y].[Y].[Y].[Y].[Y].[Y].[Y].[Y].[Y].[Y].[Y].c1ccccc1. The molecule has 18 heteroatoms. The van der Waals surface area contributed by atoms with Crippen LogP contribution in [0.15, 0.2) is 54.6 Å². The third-order valence-electron chi connectivity index (χ3n) is 12.7. The molecule has 0 aromatic heterocycles. The van der Waals surface area contributed by atoms with E-state index in [2.05, 4.69) is 46.1 Å². The summed E-state index contributed by atoms with van der Waals surface area (Å²) in [6, 6.07) is 17.7. The maximum atomic E-state index is 6.46. The number of fused-ring (bicyclic) bond motifs is 5. The molecule has 4 fully saturated rings. The molecule has 9 atom stereocenters. The van der Waals surface area contributed by atoms with Gasteiger partial charge in [0.1, 0.15) is 5.75 Å². The van der Waals surface area contributed by atoms with Gasteiger partial charge >= 0.3 is 0 Å². The predicted octanol–water partition coefficient (Wildman–Crippen LogP) is 9.97. The van der Waals surface area contributed by atoms with Gasteiger partial charge in [0, 0.05) is 449 Å². The molecule has 307 valence electrons. The zero-order valence-electron chi connectivity index (χ0n) is 39.0. The number of hydrogen-bond acceptors (Lipinski definition) is 5. The van der Waals surface area contributed by atoms with Crippen LogP contribution in [0.5, 0.6) is 5.75 Å². The van der Waals surface area contributed by atoms with Gasteiger partial charge in [-0.25, -0.2) is 0 Å². The topological polar surface area (TPSA) is 113 Å². The Bertz CT molecular complexity index is 1140. The molecule has 6 rings (SSSR count). The second-order valence-corrected chi connectivity index (χ2v) is 15.7. The van der Waals surface area contributed by atoms with E-state index in [1.807, 2.05) is 54.6 Å². The van der Waals surface area contributed by atoms with Crippen LogP contribution < -0.4 is 27.7 Å². The van der Waals surface area contributed by atoms with E-state index in [-0.39, 0.29) is 433 Å². The molecule has 2 aromatic carbocycles. The van der Waals surface area contributed by atoms with Crippen LogP contribution in [0.4, 0.5) is 11.4 Å². The van der Waals surface area contributed by atoms with E-state index in [1.54, 1.807) is 0 Å². The number of nitrogen functional groups attached to an aromatic ring is 2. The van der Waals surface area contributed by atoms with Gasteiger partial charge < -0.3 is 35.1 Å². The van der Waals surface area contributed by atoms with E-state index in [1.165, 1.54) is 91.1 Å². The Hall–Kier alpha value is 12.1. The summed E-state index contributed by atoms with van der Waals surface area (Å²) in [6.45, 7) is 12.7. The Labute approximate surface area is 698 Å². The van der Waals surface area contributed by atoms with Crippen molar-refractivity contribution >= 4 is 11.4 Å². The molecule has 0 aliphatic heterocycles. The molecular weight excluding hydrogens is 1730 g/mol. The van der Waals surface area contributed by atoms with Crippen molar-refractivity contribution in [3.05, 3.63) is 62.0 Å². The molecule has 13 radical (unpaired) electrons. The summed E-state index contributed by atoms with van der Waals surface area (Å²) in [7, 11) is 3.00. The van der Waals surface area contributed by atoms with Gasteiger partial charge in [0.05, 0.1) is 6.10 Å². The molecule has 0 bridgehead atoms. The molecule has 2 aromatic rings. The number of hydrogen-bond donors (Lipinski definition) is 4. The molecule has 4 aliphatic rings. The van der Waals surface area contributed by atoms with Crippen LogP contribution in [0.2, 0.25) is 0 Å². The van der Waals surface area contributed by atoms with Crippen molar-refractivity contribution in [2.75, 3.05) is 25.6 Å². The molecule has 8 N–H and O–H groups in total. The maximum Gasteiger partial charge on any atom is 0.123 e. The molecule has 5 nitrogen and oxygen atoms in total. The summed E-state index contributed by atoms with van der Waals surface area (Å²) >= 11 is 0. The fourth-order valence-electron chi connectivity index (χ4n) is 10.6. The average molecular weight is 1810 g/mol. The van der Waals surface area contributed by atoms with E-state index in [9.17, 15) is 0 Å². The summed E-state index contributed by atoms with van der Waals surface area (Å²) in [5.74, 6) is 7.20. The van der Waals surface area contributed by atoms with Crippen LogP contribution in [-0.2, 0) is 425 Å². The third-order valence-corrected chi connectivity index (χ3v) is 12.7. The van der Waals surface area contributed by atoms with E-state index in [0.717, 1.165) is 47.2 Å². The Balaban J connectivity index is -0.0000000870. The van der Waals surface area contributed by atoms with Crippen LogP contribution in [0.1, 0.15) is 112 Å². The second-order valence-electron chi connectivity index (χ2n) is 15.7. The maximum absolute atomic E-state index is 6.46. The van der Waals surface area contributed by atoms with E-state index >= 15 is 0 Å². The molecule has 0 saturated heterocycles. The summed E-state index contributed by atoms with van der Waals surface area (Å²) in [5, 5.41) is 0. The van der Waals surface area contributed by atoms with Crippen LogP contribution in [-0.4, -0.2) is 20.2 Å². The Morgan fingerprint density at radius 2 is 1.00 bits per heavy atom. The quantitative estimate of drug-likeness (QED) is 0.163. The normalized spacial score (nSPS) is 25.5. The minimum atomic E-state index is 0. The van der Waals surface area contributed by atoms with Crippen molar-refractivity contribution in [2.45, 2.75) is 118 Å². The zero-order valence-corrected chi connectivity index (χ0v) is 75.9. The van der Waals surface area contributed by atoms with E-state index < -0.39 is 0 Å². The van der Waals surface area contributed by atoms with E-state index in [4.69, 9.17) is 16.2 Å². The molecule has 0 heterocycles. The molecular formula is C42H73N4OY13-. The van der Waals surface area contributed by atoms with Crippen LogP contribution in [0.25, 0.3) is 0 Å². The first-order chi connectivity index (χ1) is 22.1. The summed E-state index contributed by atoms with van der Waals surface area (Å²) in [5.41, 5.74) is 23.5. The minimum absolute atomic E-state index is 0. The van der Waals surface area contributed by atoms with Crippen molar-refractivity contribution < 1.29 is 430 Å². The van der Waals surface area contributed by atoms with Gasteiger partial charge in [-0.1, -0.05) is 90.3 Å². The van der Waals surface area contributed by atoms with Crippen molar-refractivity contribution in [3.63, 3.8) is 0 Å². The van der Waals surface area contributed by atoms with Gasteiger partial charge in [0.15, 0.2) is 0 Å². The summed E-state index contributed by atoms with van der Waals surface area (Å²) < 4.78 is 6.46. The number of ether oxygens (including phenoxy) is 1. The van der Waals surface area contributed by atoms with Crippen molar-refractivity contribution in [1.82, 2.24) is 0 Å². The second kappa shape index (κ2) is 55.9. The van der Waals surface area contributed by atoms with Gasteiger partial charge in [-0.3, -0.25) is 0 Å². The monoisotopic (exact) mass is 1810 g/mol. The Morgan fingerprint density at radius 3 is 1.45 bits per heavy atom. The summed E-state index contributed by atoms with van der Waals surface area (Å²) in [4.78, 5) is 0. The van der Waals surface area contributed by atoms with Gasteiger partial charge in [0.2, 0.25) is 0 Å². The molecule has 0 spiro atoms. The van der Waals surface area contributed by atoms with Crippen LogP contribution in [0.3, 0.4) is 0 Å². The number of benzene rings is 2. The number of rotatable bonds is 7.